The van der Waals surface area contributed by atoms with Crippen LogP contribution in [0.2, 0.25) is 0 Å². The maximum atomic E-state index is 12.6. The number of nitrogens with zero attached hydrogens (tertiary/aromatic N) is 4. The number of ether oxygens (including phenoxy) is 1. The fourth-order valence-corrected chi connectivity index (χ4v) is 2.54. The molecule has 0 bridgehead atoms. The molecule has 0 aromatic carbocycles. The van der Waals surface area contributed by atoms with Crippen molar-refractivity contribution >= 4 is 11.7 Å². The number of hydrogen-bond donors (Lipinski definition) is 0. The standard InChI is InChI=1S/C16H20N4O3/c1-11-15(17-10-23-11)16(21)20-7-8-22-13(9-20)12-5-4-6-14(18-12)19(2)3/h4-6,10,13H,7-9H2,1-3H3. The number of anilines is 1. The third-order valence-electron chi connectivity index (χ3n) is 3.85. The van der Waals surface area contributed by atoms with Crippen molar-refractivity contribution in [3.8, 4) is 0 Å². The number of pyridine rings is 1. The molecule has 1 atom stereocenters. The maximum Gasteiger partial charge on any atom is 0.276 e. The molecule has 0 radical (unpaired) electrons. The van der Waals surface area contributed by atoms with Crippen molar-refractivity contribution in [2.75, 3.05) is 38.7 Å². The molecule has 3 rings (SSSR count). The van der Waals surface area contributed by atoms with Crippen LogP contribution in [0, 0.1) is 6.92 Å². The van der Waals surface area contributed by atoms with Crippen molar-refractivity contribution in [1.82, 2.24) is 14.9 Å². The summed E-state index contributed by atoms with van der Waals surface area (Å²) in [4.78, 5) is 24.8. The monoisotopic (exact) mass is 316 g/mol. The van der Waals surface area contributed by atoms with E-state index < -0.39 is 0 Å². The molecule has 1 aliphatic rings. The van der Waals surface area contributed by atoms with Crippen LogP contribution >= 0.6 is 0 Å². The second kappa shape index (κ2) is 6.37. The van der Waals surface area contributed by atoms with Gasteiger partial charge in [-0.3, -0.25) is 4.79 Å². The van der Waals surface area contributed by atoms with Gasteiger partial charge in [-0.1, -0.05) is 6.07 Å². The Labute approximate surface area is 134 Å². The van der Waals surface area contributed by atoms with Crippen LogP contribution in [0.5, 0.6) is 0 Å². The molecule has 122 valence electrons. The van der Waals surface area contributed by atoms with E-state index in [1.807, 2.05) is 37.2 Å². The van der Waals surface area contributed by atoms with E-state index in [0.717, 1.165) is 11.5 Å². The number of aryl methyl sites for hydroxylation is 1. The Morgan fingerprint density at radius 3 is 2.91 bits per heavy atom. The maximum absolute atomic E-state index is 12.6. The third kappa shape index (κ3) is 3.19. The van der Waals surface area contributed by atoms with E-state index in [4.69, 9.17) is 9.15 Å². The van der Waals surface area contributed by atoms with Crippen LogP contribution in [-0.4, -0.2) is 54.6 Å². The van der Waals surface area contributed by atoms with Crippen molar-refractivity contribution in [2.24, 2.45) is 0 Å². The minimum absolute atomic E-state index is 0.131. The highest BCUT2D eigenvalue weighted by Gasteiger charge is 2.29. The van der Waals surface area contributed by atoms with Gasteiger partial charge < -0.3 is 19.0 Å². The quantitative estimate of drug-likeness (QED) is 0.857. The SMILES string of the molecule is Cc1ocnc1C(=O)N1CCOC(c2cccc(N(C)C)n2)C1. The van der Waals surface area contributed by atoms with Gasteiger partial charge in [0.15, 0.2) is 12.1 Å². The summed E-state index contributed by atoms with van der Waals surface area (Å²) in [5.74, 6) is 1.26. The molecule has 0 aliphatic carbocycles. The molecule has 1 saturated heterocycles. The molecule has 2 aromatic heterocycles. The van der Waals surface area contributed by atoms with Gasteiger partial charge >= 0.3 is 0 Å². The first kappa shape index (κ1) is 15.5. The van der Waals surface area contributed by atoms with Crippen LogP contribution < -0.4 is 4.90 Å². The van der Waals surface area contributed by atoms with Gasteiger partial charge in [-0.15, -0.1) is 0 Å². The Kier molecular flexibility index (Phi) is 4.29. The summed E-state index contributed by atoms with van der Waals surface area (Å²) in [5.41, 5.74) is 1.19. The lowest BCUT2D eigenvalue weighted by Gasteiger charge is -2.32. The predicted octanol–water partition coefficient (Wildman–Crippen LogP) is 1.66. The van der Waals surface area contributed by atoms with Crippen LogP contribution in [0.4, 0.5) is 5.82 Å². The first-order chi connectivity index (χ1) is 11.1. The minimum Gasteiger partial charge on any atom is -0.448 e. The van der Waals surface area contributed by atoms with E-state index in [1.165, 1.54) is 6.39 Å². The molecular formula is C16H20N4O3. The Balaban J connectivity index is 1.77. The first-order valence-electron chi connectivity index (χ1n) is 7.51. The van der Waals surface area contributed by atoms with Crippen LogP contribution in [-0.2, 0) is 4.74 Å². The van der Waals surface area contributed by atoms with Crippen LogP contribution in [0.3, 0.4) is 0 Å². The zero-order valence-corrected chi connectivity index (χ0v) is 13.5. The van der Waals surface area contributed by atoms with Gasteiger partial charge in [0.1, 0.15) is 17.7 Å². The highest BCUT2D eigenvalue weighted by atomic mass is 16.5. The summed E-state index contributed by atoms with van der Waals surface area (Å²) < 4.78 is 10.9. The van der Waals surface area contributed by atoms with E-state index >= 15 is 0 Å². The van der Waals surface area contributed by atoms with Gasteiger partial charge in [0.05, 0.1) is 18.8 Å². The first-order valence-corrected chi connectivity index (χ1v) is 7.51. The zero-order chi connectivity index (χ0) is 16.4. The van der Waals surface area contributed by atoms with Crippen LogP contribution in [0.1, 0.15) is 28.0 Å². The van der Waals surface area contributed by atoms with Crippen molar-refractivity contribution in [3.63, 3.8) is 0 Å². The Bertz CT molecular complexity index is 698. The number of carbonyl (C=O) groups excluding carboxylic acids is 1. The van der Waals surface area contributed by atoms with E-state index in [9.17, 15) is 4.79 Å². The Hall–Kier alpha value is -2.41. The highest BCUT2D eigenvalue weighted by molar-refractivity contribution is 5.93. The summed E-state index contributed by atoms with van der Waals surface area (Å²) in [6.45, 7) is 3.20. The van der Waals surface area contributed by atoms with E-state index in [2.05, 4.69) is 9.97 Å². The van der Waals surface area contributed by atoms with Crippen molar-refractivity contribution in [2.45, 2.75) is 13.0 Å². The third-order valence-corrected chi connectivity index (χ3v) is 3.85. The molecule has 3 heterocycles. The molecule has 7 heteroatoms. The van der Waals surface area contributed by atoms with Gasteiger partial charge in [0, 0.05) is 20.6 Å². The normalized spacial score (nSPS) is 18.0. The lowest BCUT2D eigenvalue weighted by Crippen LogP contribution is -2.42. The number of oxazole rings is 1. The number of rotatable bonds is 3. The van der Waals surface area contributed by atoms with Crippen LogP contribution in [0.15, 0.2) is 29.0 Å². The van der Waals surface area contributed by atoms with E-state index in [0.29, 0.717) is 31.2 Å². The fourth-order valence-electron chi connectivity index (χ4n) is 2.54. The molecule has 1 unspecified atom stereocenters. The molecule has 23 heavy (non-hydrogen) atoms. The lowest BCUT2D eigenvalue weighted by atomic mass is 10.1. The summed E-state index contributed by atoms with van der Waals surface area (Å²) in [6.07, 6.45) is 1.06. The molecule has 1 amide bonds. The van der Waals surface area contributed by atoms with Gasteiger partial charge in [-0.05, 0) is 19.1 Å². The molecular weight excluding hydrogens is 296 g/mol. The highest BCUT2D eigenvalue weighted by Crippen LogP contribution is 2.23. The number of morpholine rings is 1. The fraction of sp³-hybridized carbons (Fsp3) is 0.438. The van der Waals surface area contributed by atoms with Gasteiger partial charge in [-0.2, -0.15) is 0 Å². The number of aromatic nitrogens is 2. The second-order valence-electron chi connectivity index (χ2n) is 5.68. The van der Waals surface area contributed by atoms with E-state index in [-0.39, 0.29) is 12.0 Å². The average Bonchev–Trinajstić information content (AvgIpc) is 3.00. The second-order valence-corrected chi connectivity index (χ2v) is 5.68. The molecule has 0 saturated carbocycles. The smallest absolute Gasteiger partial charge is 0.276 e. The van der Waals surface area contributed by atoms with E-state index in [1.54, 1.807) is 11.8 Å². The number of hydrogen-bond acceptors (Lipinski definition) is 6. The largest absolute Gasteiger partial charge is 0.448 e. The molecule has 7 nitrogen and oxygen atoms in total. The summed E-state index contributed by atoms with van der Waals surface area (Å²) >= 11 is 0. The molecule has 2 aromatic rings. The lowest BCUT2D eigenvalue weighted by molar-refractivity contribution is -0.0249. The summed E-state index contributed by atoms with van der Waals surface area (Å²) in [7, 11) is 3.88. The Morgan fingerprint density at radius 2 is 2.22 bits per heavy atom. The number of carbonyl (C=O) groups is 1. The van der Waals surface area contributed by atoms with Gasteiger partial charge in [-0.25, -0.2) is 9.97 Å². The molecule has 0 spiro atoms. The molecule has 0 N–H and O–H groups in total. The molecule has 1 aliphatic heterocycles. The van der Waals surface area contributed by atoms with Crippen molar-refractivity contribution in [1.29, 1.82) is 0 Å². The van der Waals surface area contributed by atoms with Crippen molar-refractivity contribution < 1.29 is 13.9 Å². The number of amides is 1. The van der Waals surface area contributed by atoms with Crippen molar-refractivity contribution in [3.05, 3.63) is 41.7 Å². The molecule has 1 fully saturated rings. The predicted molar refractivity (Wildman–Crippen MR) is 84.4 cm³/mol. The minimum atomic E-state index is -0.236. The van der Waals surface area contributed by atoms with Gasteiger partial charge in [0.2, 0.25) is 0 Å². The van der Waals surface area contributed by atoms with Crippen LogP contribution in [0.25, 0.3) is 0 Å². The summed E-state index contributed by atoms with van der Waals surface area (Å²) in [6, 6.07) is 5.81. The zero-order valence-electron chi connectivity index (χ0n) is 13.5. The Morgan fingerprint density at radius 1 is 1.39 bits per heavy atom. The average molecular weight is 316 g/mol. The summed E-state index contributed by atoms with van der Waals surface area (Å²) in [5, 5.41) is 0. The topological polar surface area (TPSA) is 71.7 Å². The van der Waals surface area contributed by atoms with Gasteiger partial charge in [0.25, 0.3) is 5.91 Å².